The minimum absolute atomic E-state index is 0.274. The first-order valence-corrected chi connectivity index (χ1v) is 9.60. The zero-order valence-corrected chi connectivity index (χ0v) is 16.5. The van der Waals surface area contributed by atoms with E-state index in [1.165, 1.54) is 5.56 Å². The molecule has 0 atom stereocenters. The predicted octanol–water partition coefficient (Wildman–Crippen LogP) is 2.92. The Hall–Kier alpha value is -2.32. The van der Waals surface area contributed by atoms with Gasteiger partial charge in [0, 0.05) is 50.0 Å². The summed E-state index contributed by atoms with van der Waals surface area (Å²) in [6.45, 7) is 8.94. The quantitative estimate of drug-likeness (QED) is 0.806. The van der Waals surface area contributed by atoms with Crippen molar-refractivity contribution in [3.8, 4) is 11.5 Å². The SMILES string of the molecule is Cc1noc(C)c1CN1CCCN(C(=S)Nc2ccc3c(c2)OCO3)CC1. The molecule has 0 saturated carbocycles. The summed E-state index contributed by atoms with van der Waals surface area (Å²) in [7, 11) is 0. The van der Waals surface area contributed by atoms with Gasteiger partial charge in [0.05, 0.1) is 5.69 Å². The van der Waals surface area contributed by atoms with Crippen LogP contribution in [0.3, 0.4) is 0 Å². The molecule has 8 heteroatoms. The fourth-order valence-corrected chi connectivity index (χ4v) is 3.76. The van der Waals surface area contributed by atoms with Crippen LogP contribution in [0.25, 0.3) is 0 Å². The van der Waals surface area contributed by atoms with Crippen LogP contribution in [-0.2, 0) is 6.54 Å². The summed E-state index contributed by atoms with van der Waals surface area (Å²) in [4.78, 5) is 4.67. The molecule has 0 bridgehead atoms. The number of benzene rings is 1. The van der Waals surface area contributed by atoms with Crippen molar-refractivity contribution in [2.75, 3.05) is 38.3 Å². The van der Waals surface area contributed by atoms with Gasteiger partial charge in [0.2, 0.25) is 6.79 Å². The van der Waals surface area contributed by atoms with Crippen molar-refractivity contribution in [2.45, 2.75) is 26.8 Å². The smallest absolute Gasteiger partial charge is 0.231 e. The first-order valence-electron chi connectivity index (χ1n) is 9.20. The van der Waals surface area contributed by atoms with Gasteiger partial charge < -0.3 is 24.2 Å². The molecule has 0 aliphatic carbocycles. The third-order valence-corrected chi connectivity index (χ3v) is 5.42. The van der Waals surface area contributed by atoms with Gasteiger partial charge in [-0.3, -0.25) is 4.90 Å². The van der Waals surface area contributed by atoms with Gasteiger partial charge in [-0.2, -0.15) is 0 Å². The van der Waals surface area contributed by atoms with Crippen LogP contribution in [0, 0.1) is 13.8 Å². The lowest BCUT2D eigenvalue weighted by Gasteiger charge is -2.24. The molecule has 0 amide bonds. The van der Waals surface area contributed by atoms with E-state index in [0.29, 0.717) is 0 Å². The highest BCUT2D eigenvalue weighted by Crippen LogP contribution is 2.34. The largest absolute Gasteiger partial charge is 0.454 e. The molecule has 27 heavy (non-hydrogen) atoms. The van der Waals surface area contributed by atoms with Gasteiger partial charge in [-0.25, -0.2) is 0 Å². The molecule has 1 aromatic heterocycles. The summed E-state index contributed by atoms with van der Waals surface area (Å²) in [5.41, 5.74) is 3.10. The van der Waals surface area contributed by atoms with E-state index in [1.54, 1.807) is 0 Å². The van der Waals surface area contributed by atoms with Crippen LogP contribution in [0.2, 0.25) is 0 Å². The van der Waals surface area contributed by atoms with Crippen LogP contribution >= 0.6 is 12.2 Å². The summed E-state index contributed by atoms with van der Waals surface area (Å²) < 4.78 is 16.1. The number of hydrogen-bond donors (Lipinski definition) is 1. The maximum atomic E-state index is 5.64. The average Bonchev–Trinajstić information content (AvgIpc) is 3.15. The summed E-state index contributed by atoms with van der Waals surface area (Å²) in [6, 6.07) is 5.79. The first kappa shape index (κ1) is 18.1. The van der Waals surface area contributed by atoms with E-state index in [1.807, 2.05) is 32.0 Å². The van der Waals surface area contributed by atoms with Gasteiger partial charge in [0.25, 0.3) is 0 Å². The van der Waals surface area contributed by atoms with Gasteiger partial charge in [0.1, 0.15) is 5.76 Å². The van der Waals surface area contributed by atoms with Crippen LogP contribution in [0.15, 0.2) is 22.7 Å². The van der Waals surface area contributed by atoms with E-state index in [9.17, 15) is 0 Å². The molecular weight excluding hydrogens is 364 g/mol. The van der Waals surface area contributed by atoms with E-state index in [2.05, 4.69) is 20.3 Å². The van der Waals surface area contributed by atoms with Crippen molar-refractivity contribution in [1.82, 2.24) is 15.0 Å². The second-order valence-electron chi connectivity index (χ2n) is 6.92. The lowest BCUT2D eigenvalue weighted by atomic mass is 10.2. The summed E-state index contributed by atoms with van der Waals surface area (Å²) in [6.07, 6.45) is 1.06. The maximum Gasteiger partial charge on any atom is 0.231 e. The van der Waals surface area contributed by atoms with Crippen LogP contribution in [-0.4, -0.2) is 53.0 Å². The minimum Gasteiger partial charge on any atom is -0.454 e. The minimum atomic E-state index is 0.274. The molecule has 0 unspecified atom stereocenters. The molecule has 1 fully saturated rings. The molecule has 0 spiro atoms. The van der Waals surface area contributed by atoms with Crippen molar-refractivity contribution in [2.24, 2.45) is 0 Å². The molecule has 4 rings (SSSR count). The van der Waals surface area contributed by atoms with E-state index in [0.717, 1.165) is 72.9 Å². The van der Waals surface area contributed by atoms with E-state index in [-0.39, 0.29) is 6.79 Å². The van der Waals surface area contributed by atoms with Crippen LogP contribution in [0.5, 0.6) is 11.5 Å². The topological polar surface area (TPSA) is 63.0 Å². The molecule has 0 radical (unpaired) electrons. The van der Waals surface area contributed by atoms with Crippen LogP contribution < -0.4 is 14.8 Å². The monoisotopic (exact) mass is 388 g/mol. The summed E-state index contributed by atoms with van der Waals surface area (Å²) in [5, 5.41) is 8.13. The normalized spacial score (nSPS) is 17.0. The van der Waals surface area contributed by atoms with Crippen molar-refractivity contribution in [3.05, 3.63) is 35.2 Å². The molecule has 2 aliphatic heterocycles. The average molecular weight is 388 g/mol. The fourth-order valence-electron chi connectivity index (χ4n) is 3.46. The molecule has 1 N–H and O–H groups in total. The highest BCUT2D eigenvalue weighted by Gasteiger charge is 2.20. The van der Waals surface area contributed by atoms with E-state index < -0.39 is 0 Å². The molecule has 1 saturated heterocycles. The molecule has 3 heterocycles. The number of thiocarbonyl (C=S) groups is 1. The predicted molar refractivity (Wildman–Crippen MR) is 106 cm³/mol. The van der Waals surface area contributed by atoms with Gasteiger partial charge >= 0.3 is 0 Å². The lowest BCUT2D eigenvalue weighted by molar-refractivity contribution is 0.174. The second-order valence-corrected chi connectivity index (χ2v) is 7.30. The van der Waals surface area contributed by atoms with E-state index >= 15 is 0 Å². The number of rotatable bonds is 3. The van der Waals surface area contributed by atoms with Crippen molar-refractivity contribution < 1.29 is 14.0 Å². The molecular formula is C19H24N4O3S. The Balaban J connectivity index is 1.34. The Labute approximate surface area is 164 Å². The van der Waals surface area contributed by atoms with Crippen molar-refractivity contribution in [3.63, 3.8) is 0 Å². The molecule has 2 aliphatic rings. The maximum absolute atomic E-state index is 5.64. The molecule has 7 nitrogen and oxygen atoms in total. The Bertz CT molecular complexity index is 819. The molecule has 2 aromatic rings. The Morgan fingerprint density at radius 1 is 1.15 bits per heavy atom. The number of ether oxygens (including phenoxy) is 2. The Morgan fingerprint density at radius 3 is 2.81 bits per heavy atom. The first-order chi connectivity index (χ1) is 13.1. The molecule has 1 aromatic carbocycles. The zero-order valence-electron chi connectivity index (χ0n) is 15.7. The number of anilines is 1. The number of nitrogens with zero attached hydrogens (tertiary/aromatic N) is 3. The zero-order chi connectivity index (χ0) is 18.8. The Kier molecular flexibility index (Phi) is 5.18. The number of hydrogen-bond acceptors (Lipinski definition) is 6. The Morgan fingerprint density at radius 2 is 2.00 bits per heavy atom. The summed E-state index contributed by atoms with van der Waals surface area (Å²) >= 11 is 5.64. The number of fused-ring (bicyclic) bond motifs is 1. The highest BCUT2D eigenvalue weighted by atomic mass is 32.1. The number of aryl methyl sites for hydroxylation is 2. The number of aromatic nitrogens is 1. The lowest BCUT2D eigenvalue weighted by Crippen LogP contribution is -2.37. The third kappa shape index (κ3) is 4.01. The third-order valence-electron chi connectivity index (χ3n) is 5.06. The van der Waals surface area contributed by atoms with E-state index in [4.69, 9.17) is 26.2 Å². The van der Waals surface area contributed by atoms with Gasteiger partial charge in [-0.1, -0.05) is 5.16 Å². The number of nitrogens with one attached hydrogen (secondary N) is 1. The fraction of sp³-hybridized carbons (Fsp3) is 0.474. The highest BCUT2D eigenvalue weighted by molar-refractivity contribution is 7.80. The summed E-state index contributed by atoms with van der Waals surface area (Å²) in [5.74, 6) is 2.44. The van der Waals surface area contributed by atoms with Gasteiger partial charge in [-0.15, -0.1) is 0 Å². The van der Waals surface area contributed by atoms with Crippen molar-refractivity contribution >= 4 is 23.0 Å². The van der Waals surface area contributed by atoms with Gasteiger partial charge in [-0.05, 0) is 44.6 Å². The standard InChI is InChI=1S/C19H24N4O3S/c1-13-16(14(2)26-21-13)11-22-6-3-7-23(9-8-22)19(27)20-15-4-5-17-18(10-15)25-12-24-17/h4-5,10H,3,6-9,11-12H2,1-2H3,(H,20,27). The van der Waals surface area contributed by atoms with Crippen molar-refractivity contribution in [1.29, 1.82) is 0 Å². The molecule has 144 valence electrons. The second kappa shape index (κ2) is 7.74. The van der Waals surface area contributed by atoms with Gasteiger partial charge in [0.15, 0.2) is 16.6 Å². The van der Waals surface area contributed by atoms with Crippen LogP contribution in [0.1, 0.15) is 23.4 Å². The van der Waals surface area contributed by atoms with Crippen LogP contribution in [0.4, 0.5) is 5.69 Å².